The Bertz CT molecular complexity index is 401. The predicted octanol–water partition coefficient (Wildman–Crippen LogP) is 0.451. The molecule has 0 saturated carbocycles. The number of hydrogen-bond acceptors (Lipinski definition) is 4. The van der Waals surface area contributed by atoms with Crippen molar-refractivity contribution in [3.05, 3.63) is 18.0 Å². The van der Waals surface area contributed by atoms with Crippen molar-refractivity contribution in [2.75, 3.05) is 24.3 Å². The molecule has 0 aliphatic heterocycles. The minimum Gasteiger partial charge on any atom is -0.397 e. The third kappa shape index (κ3) is 3.98. The summed E-state index contributed by atoms with van der Waals surface area (Å²) >= 11 is 1.54. The highest BCUT2D eigenvalue weighted by molar-refractivity contribution is 7.98. The van der Waals surface area contributed by atoms with Gasteiger partial charge in [0.05, 0.1) is 11.3 Å². The molecule has 0 bridgehead atoms. The van der Waals surface area contributed by atoms with E-state index in [1.54, 1.807) is 30.8 Å². The van der Waals surface area contributed by atoms with E-state index < -0.39 is 5.60 Å². The third-order valence-electron chi connectivity index (χ3n) is 2.34. The number of aryl methyl sites for hydroxylation is 1. The van der Waals surface area contributed by atoms with Crippen LogP contribution in [-0.4, -0.2) is 39.7 Å². The Hall–Kier alpha value is -1.14. The maximum atomic E-state index is 11.8. The number of aliphatic hydroxyl groups is 1. The van der Waals surface area contributed by atoms with Crippen LogP contribution in [0.4, 0.5) is 5.69 Å². The average molecular weight is 257 g/mol. The largest absolute Gasteiger partial charge is 0.397 e. The molecule has 4 N–H and O–H groups in total. The number of thioether (sulfide) groups is 1. The minimum absolute atomic E-state index is 0.220. The number of nitrogens with one attached hydrogen (secondary N) is 1. The molecule has 0 fully saturated rings. The second-order valence-electron chi connectivity index (χ2n) is 4.38. The van der Waals surface area contributed by atoms with Gasteiger partial charge in [0.15, 0.2) is 0 Å². The summed E-state index contributed by atoms with van der Waals surface area (Å²) in [7, 11) is 1.76. The SMILES string of the molecule is CSCC(C)(O)CNC(=O)c1cc(N)cn1C. The van der Waals surface area contributed by atoms with Crippen molar-refractivity contribution in [1.82, 2.24) is 9.88 Å². The zero-order chi connectivity index (χ0) is 13.1. The first-order valence-electron chi connectivity index (χ1n) is 5.27. The van der Waals surface area contributed by atoms with E-state index in [0.29, 0.717) is 17.1 Å². The van der Waals surface area contributed by atoms with E-state index in [9.17, 15) is 9.90 Å². The molecular weight excluding hydrogens is 238 g/mol. The monoisotopic (exact) mass is 257 g/mol. The fraction of sp³-hybridized carbons (Fsp3) is 0.545. The Morgan fingerprint density at radius 3 is 2.82 bits per heavy atom. The number of carbonyl (C=O) groups excluding carboxylic acids is 1. The number of hydrogen-bond donors (Lipinski definition) is 3. The lowest BCUT2D eigenvalue weighted by atomic mass is 10.1. The maximum absolute atomic E-state index is 11.8. The van der Waals surface area contributed by atoms with Crippen LogP contribution in [0.25, 0.3) is 0 Å². The van der Waals surface area contributed by atoms with Gasteiger partial charge in [-0.1, -0.05) is 0 Å². The number of nitrogens with two attached hydrogens (primary N) is 1. The molecule has 0 aliphatic carbocycles. The van der Waals surface area contributed by atoms with Gasteiger partial charge in [-0.25, -0.2) is 0 Å². The summed E-state index contributed by atoms with van der Waals surface area (Å²) in [5.74, 6) is 0.341. The summed E-state index contributed by atoms with van der Waals surface area (Å²) in [6.07, 6.45) is 3.59. The van der Waals surface area contributed by atoms with E-state index in [1.165, 1.54) is 11.8 Å². The van der Waals surface area contributed by atoms with E-state index in [4.69, 9.17) is 5.73 Å². The van der Waals surface area contributed by atoms with Crippen LogP contribution in [0.2, 0.25) is 0 Å². The predicted molar refractivity (Wildman–Crippen MR) is 71.2 cm³/mol. The van der Waals surface area contributed by atoms with Crippen molar-refractivity contribution in [2.24, 2.45) is 7.05 Å². The van der Waals surface area contributed by atoms with Gasteiger partial charge in [0, 0.05) is 25.5 Å². The number of rotatable bonds is 5. The van der Waals surface area contributed by atoms with Crippen LogP contribution in [0.15, 0.2) is 12.3 Å². The van der Waals surface area contributed by atoms with Crippen LogP contribution in [0.3, 0.4) is 0 Å². The number of amides is 1. The number of nitrogens with zero attached hydrogens (tertiary/aromatic N) is 1. The third-order valence-corrected chi connectivity index (χ3v) is 3.25. The molecule has 1 unspecified atom stereocenters. The van der Waals surface area contributed by atoms with E-state index in [1.807, 2.05) is 6.26 Å². The van der Waals surface area contributed by atoms with Crippen LogP contribution in [0.5, 0.6) is 0 Å². The molecule has 0 radical (unpaired) electrons. The number of nitrogen functional groups attached to an aromatic ring is 1. The minimum atomic E-state index is -0.897. The van der Waals surface area contributed by atoms with Gasteiger partial charge in [0.2, 0.25) is 0 Å². The van der Waals surface area contributed by atoms with Crippen LogP contribution in [0.1, 0.15) is 17.4 Å². The molecule has 17 heavy (non-hydrogen) atoms. The molecule has 0 aromatic carbocycles. The molecule has 1 aromatic heterocycles. The van der Waals surface area contributed by atoms with Gasteiger partial charge < -0.3 is 20.7 Å². The van der Waals surface area contributed by atoms with Gasteiger partial charge >= 0.3 is 0 Å². The molecule has 0 aliphatic rings. The van der Waals surface area contributed by atoms with Crippen molar-refractivity contribution in [3.63, 3.8) is 0 Å². The number of carbonyl (C=O) groups is 1. The van der Waals surface area contributed by atoms with Gasteiger partial charge in [-0.15, -0.1) is 0 Å². The van der Waals surface area contributed by atoms with Gasteiger partial charge in [-0.3, -0.25) is 4.79 Å². The van der Waals surface area contributed by atoms with E-state index in [-0.39, 0.29) is 12.5 Å². The molecule has 1 rings (SSSR count). The van der Waals surface area contributed by atoms with E-state index in [0.717, 1.165) is 0 Å². The van der Waals surface area contributed by atoms with Crippen molar-refractivity contribution in [2.45, 2.75) is 12.5 Å². The molecule has 96 valence electrons. The number of aromatic nitrogens is 1. The van der Waals surface area contributed by atoms with Gasteiger partial charge in [-0.05, 0) is 19.2 Å². The summed E-state index contributed by atoms with van der Waals surface area (Å²) in [5.41, 5.74) is 5.73. The lowest BCUT2D eigenvalue weighted by Gasteiger charge is -2.22. The second kappa shape index (κ2) is 5.46. The Morgan fingerprint density at radius 2 is 2.35 bits per heavy atom. The highest BCUT2D eigenvalue weighted by Gasteiger charge is 2.21. The Labute approximate surface area is 105 Å². The molecule has 1 aromatic rings. The van der Waals surface area contributed by atoms with Gasteiger partial charge in [0.1, 0.15) is 5.69 Å². The fourth-order valence-electron chi connectivity index (χ4n) is 1.54. The normalized spacial score (nSPS) is 14.4. The quantitative estimate of drug-likeness (QED) is 0.715. The smallest absolute Gasteiger partial charge is 0.268 e. The van der Waals surface area contributed by atoms with Crippen molar-refractivity contribution < 1.29 is 9.90 Å². The van der Waals surface area contributed by atoms with Gasteiger partial charge in [-0.2, -0.15) is 11.8 Å². The zero-order valence-electron chi connectivity index (χ0n) is 10.4. The summed E-state index contributed by atoms with van der Waals surface area (Å²) in [6.45, 7) is 1.92. The first-order chi connectivity index (χ1) is 7.85. The van der Waals surface area contributed by atoms with Gasteiger partial charge in [0.25, 0.3) is 5.91 Å². The topological polar surface area (TPSA) is 80.3 Å². The highest BCUT2D eigenvalue weighted by atomic mass is 32.2. The number of anilines is 1. The average Bonchev–Trinajstić information content (AvgIpc) is 2.54. The molecule has 5 nitrogen and oxygen atoms in total. The Morgan fingerprint density at radius 1 is 1.71 bits per heavy atom. The molecule has 6 heteroatoms. The molecular formula is C11H19N3O2S. The standard InChI is InChI=1S/C11H19N3O2S/c1-11(16,7-17-3)6-13-10(15)9-4-8(12)5-14(9)2/h4-5,16H,6-7,12H2,1-3H3,(H,13,15). The molecule has 1 atom stereocenters. The van der Waals surface area contributed by atoms with Crippen molar-refractivity contribution >= 4 is 23.4 Å². The van der Waals surface area contributed by atoms with Crippen molar-refractivity contribution in [3.8, 4) is 0 Å². The van der Waals surface area contributed by atoms with E-state index >= 15 is 0 Å². The lowest BCUT2D eigenvalue weighted by molar-refractivity contribution is 0.0720. The van der Waals surface area contributed by atoms with Crippen LogP contribution >= 0.6 is 11.8 Å². The van der Waals surface area contributed by atoms with Crippen molar-refractivity contribution in [1.29, 1.82) is 0 Å². The first-order valence-corrected chi connectivity index (χ1v) is 6.66. The molecule has 0 spiro atoms. The van der Waals surface area contributed by atoms with Crippen LogP contribution < -0.4 is 11.1 Å². The molecule has 1 heterocycles. The van der Waals surface area contributed by atoms with Crippen LogP contribution in [-0.2, 0) is 7.05 Å². The Balaban J connectivity index is 2.59. The second-order valence-corrected chi connectivity index (χ2v) is 5.25. The summed E-state index contributed by atoms with van der Waals surface area (Å²) in [5, 5.41) is 12.6. The fourth-order valence-corrected chi connectivity index (χ4v) is 2.26. The molecule has 0 saturated heterocycles. The maximum Gasteiger partial charge on any atom is 0.268 e. The summed E-state index contributed by atoms with van der Waals surface area (Å²) < 4.78 is 1.66. The van der Waals surface area contributed by atoms with E-state index in [2.05, 4.69) is 5.32 Å². The lowest BCUT2D eigenvalue weighted by Crippen LogP contribution is -2.42. The first kappa shape index (κ1) is 13.9. The van der Waals surface area contributed by atoms with Crippen LogP contribution in [0, 0.1) is 0 Å². The Kier molecular flexibility index (Phi) is 4.47. The summed E-state index contributed by atoms with van der Waals surface area (Å²) in [4.78, 5) is 11.8. The highest BCUT2D eigenvalue weighted by Crippen LogP contribution is 2.11. The summed E-state index contributed by atoms with van der Waals surface area (Å²) in [6, 6.07) is 1.61. The molecule has 1 amide bonds. The zero-order valence-corrected chi connectivity index (χ0v) is 11.2.